The van der Waals surface area contributed by atoms with Crippen molar-refractivity contribution < 1.29 is 5.11 Å². The van der Waals surface area contributed by atoms with E-state index in [1.54, 1.807) is 31.0 Å². The van der Waals surface area contributed by atoms with Gasteiger partial charge >= 0.3 is 0 Å². The summed E-state index contributed by atoms with van der Waals surface area (Å²) in [5.74, 6) is 0.453. The van der Waals surface area contributed by atoms with Gasteiger partial charge in [0.15, 0.2) is 0 Å². The van der Waals surface area contributed by atoms with Crippen molar-refractivity contribution in [1.29, 1.82) is 0 Å². The Hall–Kier alpha value is -4.24. The average molecular weight is 441 g/mol. The van der Waals surface area contributed by atoms with Gasteiger partial charge in [-0.15, -0.1) is 0 Å². The standard InChI is InChI=1S/C24H23N7O2/c1-15-10-18(31-9-8-25-14-31)12-20-22(15)30-23(29-20)21-19(5-7-27-24(21)33)28-17(13-32)11-16-4-2-3-6-26-16/h2-10,12,14,17,32H,11,13H2,1H3,(H,29,30)(H2,27,28,33)/t17-/m1/s1. The van der Waals surface area contributed by atoms with Crippen LogP contribution in [0, 0.1) is 6.92 Å². The minimum absolute atomic E-state index is 0.115. The molecule has 4 aromatic heterocycles. The van der Waals surface area contributed by atoms with Crippen LogP contribution in [0.3, 0.4) is 0 Å². The van der Waals surface area contributed by atoms with Crippen LogP contribution in [0.2, 0.25) is 0 Å². The minimum atomic E-state index is -0.320. The van der Waals surface area contributed by atoms with E-state index in [0.717, 1.165) is 28.0 Å². The SMILES string of the molecule is Cc1cc(-n2ccnc2)cc2[nH]c(-c3c(N[C@@H](CO)Cc4ccccn4)cc[nH]c3=O)nc12. The van der Waals surface area contributed by atoms with Crippen LogP contribution in [-0.4, -0.2) is 47.2 Å². The van der Waals surface area contributed by atoms with E-state index < -0.39 is 0 Å². The van der Waals surface area contributed by atoms with Crippen molar-refractivity contribution in [3.8, 4) is 17.1 Å². The lowest BCUT2D eigenvalue weighted by Crippen LogP contribution is -2.28. The molecule has 1 atom stereocenters. The van der Waals surface area contributed by atoms with Crippen molar-refractivity contribution in [3.63, 3.8) is 0 Å². The van der Waals surface area contributed by atoms with Gasteiger partial charge in [-0.25, -0.2) is 9.97 Å². The van der Waals surface area contributed by atoms with Gasteiger partial charge in [0.1, 0.15) is 11.4 Å². The zero-order chi connectivity index (χ0) is 22.8. The molecule has 0 saturated heterocycles. The molecule has 5 rings (SSSR count). The maximum absolute atomic E-state index is 12.8. The van der Waals surface area contributed by atoms with Gasteiger partial charge in [-0.1, -0.05) is 6.07 Å². The Balaban J connectivity index is 1.53. The second-order valence-electron chi connectivity index (χ2n) is 7.86. The maximum Gasteiger partial charge on any atom is 0.261 e. The molecule has 33 heavy (non-hydrogen) atoms. The van der Waals surface area contributed by atoms with Crippen LogP contribution in [0.1, 0.15) is 11.3 Å². The number of aromatic amines is 2. The first-order chi connectivity index (χ1) is 16.1. The number of anilines is 1. The Morgan fingerprint density at radius 3 is 2.88 bits per heavy atom. The molecule has 0 aliphatic heterocycles. The van der Waals surface area contributed by atoms with Crippen molar-refractivity contribution in [3.05, 3.63) is 89.1 Å². The summed E-state index contributed by atoms with van der Waals surface area (Å²) in [5, 5.41) is 13.2. The molecule has 0 unspecified atom stereocenters. The van der Waals surface area contributed by atoms with Gasteiger partial charge in [0.05, 0.1) is 35.7 Å². The number of aliphatic hydroxyl groups is 1. The Morgan fingerprint density at radius 2 is 2.12 bits per heavy atom. The van der Waals surface area contributed by atoms with E-state index in [1.165, 1.54) is 0 Å². The summed E-state index contributed by atoms with van der Waals surface area (Å²) < 4.78 is 1.92. The third kappa shape index (κ3) is 4.13. The smallest absolute Gasteiger partial charge is 0.261 e. The molecule has 166 valence electrons. The molecule has 9 nitrogen and oxygen atoms in total. The number of pyridine rings is 2. The number of fused-ring (bicyclic) bond motifs is 1. The topological polar surface area (TPSA) is 125 Å². The molecule has 0 saturated carbocycles. The van der Waals surface area contributed by atoms with Gasteiger partial charge in [-0.2, -0.15) is 0 Å². The maximum atomic E-state index is 12.8. The number of aryl methyl sites for hydroxylation is 1. The molecule has 0 bridgehead atoms. The van der Waals surface area contributed by atoms with E-state index in [9.17, 15) is 9.90 Å². The van der Waals surface area contributed by atoms with Crippen LogP contribution in [0.15, 0.2) is 72.3 Å². The Bertz CT molecular complexity index is 1440. The second-order valence-corrected chi connectivity index (χ2v) is 7.86. The highest BCUT2D eigenvalue weighted by atomic mass is 16.3. The molecule has 0 amide bonds. The predicted molar refractivity (Wildman–Crippen MR) is 126 cm³/mol. The summed E-state index contributed by atoms with van der Waals surface area (Å²) in [6.45, 7) is 1.87. The van der Waals surface area contributed by atoms with Crippen molar-refractivity contribution >= 4 is 16.7 Å². The molecule has 9 heteroatoms. The molecule has 4 N–H and O–H groups in total. The predicted octanol–water partition coefficient (Wildman–Crippen LogP) is 2.82. The highest BCUT2D eigenvalue weighted by Crippen LogP contribution is 2.28. The van der Waals surface area contributed by atoms with Crippen LogP contribution in [0.4, 0.5) is 5.69 Å². The van der Waals surface area contributed by atoms with Gasteiger partial charge in [0.2, 0.25) is 0 Å². The largest absolute Gasteiger partial charge is 0.394 e. The molecule has 1 aromatic carbocycles. The lowest BCUT2D eigenvalue weighted by molar-refractivity contribution is 0.273. The second kappa shape index (κ2) is 8.71. The van der Waals surface area contributed by atoms with Crippen LogP contribution < -0.4 is 10.9 Å². The number of aliphatic hydroxyl groups excluding tert-OH is 1. The summed E-state index contributed by atoms with van der Waals surface area (Å²) in [7, 11) is 0. The summed E-state index contributed by atoms with van der Waals surface area (Å²) >= 11 is 0. The number of aromatic nitrogens is 6. The molecule has 0 fully saturated rings. The Labute approximate surface area is 189 Å². The molecular weight excluding hydrogens is 418 g/mol. The van der Waals surface area contributed by atoms with E-state index >= 15 is 0 Å². The summed E-state index contributed by atoms with van der Waals surface area (Å²) in [6.07, 6.45) is 9.14. The molecule has 0 aliphatic carbocycles. The van der Waals surface area contributed by atoms with Crippen LogP contribution in [-0.2, 0) is 6.42 Å². The van der Waals surface area contributed by atoms with E-state index in [0.29, 0.717) is 23.5 Å². The molecule has 4 heterocycles. The third-order valence-electron chi connectivity index (χ3n) is 5.52. The first-order valence-electron chi connectivity index (χ1n) is 10.6. The average Bonchev–Trinajstić information content (AvgIpc) is 3.50. The Morgan fingerprint density at radius 1 is 1.21 bits per heavy atom. The van der Waals surface area contributed by atoms with Gasteiger partial charge in [-0.05, 0) is 42.8 Å². The number of nitrogens with zero attached hydrogens (tertiary/aromatic N) is 4. The van der Waals surface area contributed by atoms with Crippen molar-refractivity contribution in [2.24, 2.45) is 0 Å². The lowest BCUT2D eigenvalue weighted by atomic mass is 10.1. The number of hydrogen-bond acceptors (Lipinski definition) is 6. The summed E-state index contributed by atoms with van der Waals surface area (Å²) in [5.41, 5.74) is 5.07. The lowest BCUT2D eigenvalue weighted by Gasteiger charge is -2.18. The number of nitrogens with one attached hydrogen (secondary N) is 3. The summed E-state index contributed by atoms with van der Waals surface area (Å²) in [6, 6.07) is 11.1. The number of imidazole rings is 2. The first-order valence-corrected chi connectivity index (χ1v) is 10.6. The molecular formula is C24H23N7O2. The fourth-order valence-electron chi connectivity index (χ4n) is 3.94. The van der Waals surface area contributed by atoms with Crippen LogP contribution in [0.5, 0.6) is 0 Å². The zero-order valence-electron chi connectivity index (χ0n) is 18.0. The minimum Gasteiger partial charge on any atom is -0.394 e. The van der Waals surface area contributed by atoms with Gasteiger partial charge < -0.3 is 25.0 Å². The quantitative estimate of drug-likeness (QED) is 0.308. The van der Waals surface area contributed by atoms with Gasteiger partial charge in [-0.3, -0.25) is 9.78 Å². The Kier molecular flexibility index (Phi) is 5.45. The van der Waals surface area contributed by atoms with Crippen LogP contribution in [0.25, 0.3) is 28.1 Å². The molecule has 5 aromatic rings. The number of H-pyrrole nitrogens is 2. The number of benzene rings is 1. The monoisotopic (exact) mass is 441 g/mol. The van der Waals surface area contributed by atoms with Crippen LogP contribution >= 0.6 is 0 Å². The molecule has 0 radical (unpaired) electrons. The summed E-state index contributed by atoms with van der Waals surface area (Å²) in [4.78, 5) is 32.0. The zero-order valence-corrected chi connectivity index (χ0v) is 18.0. The fraction of sp³-hybridized carbons (Fsp3) is 0.167. The third-order valence-corrected chi connectivity index (χ3v) is 5.52. The van der Waals surface area contributed by atoms with Gasteiger partial charge in [0.25, 0.3) is 5.56 Å². The highest BCUT2D eigenvalue weighted by Gasteiger charge is 2.18. The van der Waals surface area contributed by atoms with E-state index in [2.05, 4.69) is 25.3 Å². The number of rotatable bonds is 7. The first kappa shape index (κ1) is 20.7. The van der Waals surface area contributed by atoms with Crippen molar-refractivity contribution in [2.45, 2.75) is 19.4 Å². The normalized spacial score (nSPS) is 12.2. The molecule has 0 spiro atoms. The molecule has 0 aliphatic rings. The van der Waals surface area contributed by atoms with E-state index in [4.69, 9.17) is 4.98 Å². The fourth-order valence-corrected chi connectivity index (χ4v) is 3.94. The number of hydrogen-bond donors (Lipinski definition) is 4. The highest BCUT2D eigenvalue weighted by molar-refractivity contribution is 5.86. The van der Waals surface area contributed by atoms with E-state index in [1.807, 2.05) is 48.0 Å². The van der Waals surface area contributed by atoms with Crippen molar-refractivity contribution in [1.82, 2.24) is 29.5 Å². The van der Waals surface area contributed by atoms with E-state index in [-0.39, 0.29) is 18.2 Å². The van der Waals surface area contributed by atoms with Gasteiger partial charge in [0, 0.05) is 42.6 Å². The van der Waals surface area contributed by atoms with Crippen molar-refractivity contribution in [2.75, 3.05) is 11.9 Å².